The average molecular weight is 233 g/mol. The third-order valence-corrected chi connectivity index (χ3v) is 4.50. The Kier molecular flexibility index (Phi) is 2.64. The van der Waals surface area contributed by atoms with Gasteiger partial charge in [-0.25, -0.2) is 8.42 Å². The maximum Gasteiger partial charge on any atom is 0.336 e. The second kappa shape index (κ2) is 3.16. The normalized spacial score (nSPS) is 27.5. The molecule has 13 heavy (non-hydrogen) atoms. The molecule has 7 heteroatoms. The summed E-state index contributed by atoms with van der Waals surface area (Å²) in [6.07, 6.45) is -0.0411. The van der Waals surface area contributed by atoms with Crippen LogP contribution < -0.4 is 0 Å². The molecule has 0 aromatic carbocycles. The van der Waals surface area contributed by atoms with Crippen molar-refractivity contribution in [1.29, 1.82) is 0 Å². The van der Waals surface area contributed by atoms with Crippen LogP contribution in [-0.2, 0) is 14.6 Å². The fraction of sp³-hybridized carbons (Fsp3) is 0.833. The fourth-order valence-corrected chi connectivity index (χ4v) is 3.46. The minimum absolute atomic E-state index is 0.159. The maximum absolute atomic E-state index is 12.9. The standard InChI is InChI=1S/C6H7ClF2O3S/c7-5(10)6(8,9)4-2-1-3-13(4,11)12/h4H,1-3H2. The van der Waals surface area contributed by atoms with Crippen LogP contribution in [0.3, 0.4) is 0 Å². The second-order valence-corrected chi connectivity index (χ2v) is 5.54. The number of hydrogen-bond acceptors (Lipinski definition) is 3. The largest absolute Gasteiger partial charge is 0.336 e. The van der Waals surface area contributed by atoms with Crippen molar-refractivity contribution in [3.05, 3.63) is 0 Å². The third kappa shape index (κ3) is 1.83. The minimum Gasteiger partial charge on any atom is -0.274 e. The first-order valence-electron chi connectivity index (χ1n) is 3.58. The lowest BCUT2D eigenvalue weighted by atomic mass is 10.1. The van der Waals surface area contributed by atoms with E-state index in [0.29, 0.717) is 0 Å². The topological polar surface area (TPSA) is 51.2 Å². The quantitative estimate of drug-likeness (QED) is 0.667. The number of alkyl halides is 2. The van der Waals surface area contributed by atoms with Crippen molar-refractivity contribution in [2.75, 3.05) is 5.75 Å². The lowest BCUT2D eigenvalue weighted by Gasteiger charge is -2.17. The number of carbonyl (C=O) groups is 1. The van der Waals surface area contributed by atoms with Crippen molar-refractivity contribution < 1.29 is 22.0 Å². The molecule has 1 unspecified atom stereocenters. The molecular weight excluding hydrogens is 226 g/mol. The van der Waals surface area contributed by atoms with Gasteiger partial charge in [0.2, 0.25) is 0 Å². The number of hydrogen-bond donors (Lipinski definition) is 0. The van der Waals surface area contributed by atoms with Gasteiger partial charge in [-0.3, -0.25) is 4.79 Å². The Morgan fingerprint density at radius 2 is 2.00 bits per heavy atom. The summed E-state index contributed by atoms with van der Waals surface area (Å²) in [7, 11) is -3.85. The summed E-state index contributed by atoms with van der Waals surface area (Å²) in [5.74, 6) is -4.24. The van der Waals surface area contributed by atoms with E-state index < -0.39 is 26.3 Å². The number of halogens is 3. The van der Waals surface area contributed by atoms with Crippen LogP contribution in [0.25, 0.3) is 0 Å². The molecule has 1 saturated heterocycles. The average Bonchev–Trinajstić information content (AvgIpc) is 2.29. The molecule has 3 nitrogen and oxygen atoms in total. The summed E-state index contributed by atoms with van der Waals surface area (Å²) in [6, 6.07) is 0. The summed E-state index contributed by atoms with van der Waals surface area (Å²) in [6.45, 7) is 0. The highest BCUT2D eigenvalue weighted by Crippen LogP contribution is 2.35. The Labute approximate surface area is 79.0 Å². The molecule has 1 atom stereocenters. The van der Waals surface area contributed by atoms with Crippen LogP contribution in [-0.4, -0.2) is 30.6 Å². The van der Waals surface area contributed by atoms with Gasteiger partial charge in [-0.15, -0.1) is 0 Å². The first-order chi connectivity index (χ1) is 5.78. The molecule has 0 aromatic rings. The van der Waals surface area contributed by atoms with E-state index in [-0.39, 0.29) is 18.6 Å². The van der Waals surface area contributed by atoms with Crippen LogP contribution in [0.2, 0.25) is 0 Å². The predicted octanol–water partition coefficient (Wildman–Crippen LogP) is 0.964. The highest BCUT2D eigenvalue weighted by atomic mass is 35.5. The van der Waals surface area contributed by atoms with Crippen molar-refractivity contribution in [3.8, 4) is 0 Å². The molecule has 0 spiro atoms. The smallest absolute Gasteiger partial charge is 0.274 e. The predicted molar refractivity (Wildman–Crippen MR) is 42.6 cm³/mol. The third-order valence-electron chi connectivity index (χ3n) is 2.00. The fourth-order valence-electron chi connectivity index (χ4n) is 1.33. The van der Waals surface area contributed by atoms with Gasteiger partial charge in [-0.2, -0.15) is 8.78 Å². The van der Waals surface area contributed by atoms with Gasteiger partial charge in [0.25, 0.3) is 5.24 Å². The molecule has 0 saturated carbocycles. The van der Waals surface area contributed by atoms with E-state index in [1.165, 1.54) is 0 Å². The minimum atomic E-state index is -3.95. The van der Waals surface area contributed by atoms with Crippen molar-refractivity contribution in [2.45, 2.75) is 24.0 Å². The van der Waals surface area contributed by atoms with Gasteiger partial charge >= 0.3 is 5.92 Å². The van der Waals surface area contributed by atoms with Crippen LogP contribution in [0.5, 0.6) is 0 Å². The van der Waals surface area contributed by atoms with E-state index in [9.17, 15) is 22.0 Å². The van der Waals surface area contributed by atoms with E-state index >= 15 is 0 Å². The molecule has 1 aliphatic rings. The molecule has 0 bridgehead atoms. The lowest BCUT2D eigenvalue weighted by Crippen LogP contribution is -2.41. The zero-order valence-corrected chi connectivity index (χ0v) is 8.04. The number of rotatable bonds is 2. The molecule has 1 heterocycles. The van der Waals surface area contributed by atoms with Gasteiger partial charge in [0.1, 0.15) is 5.25 Å². The molecule has 0 amide bonds. The molecule has 1 aliphatic heterocycles. The summed E-state index contributed by atoms with van der Waals surface area (Å²) in [5.41, 5.74) is 0. The molecule has 0 N–H and O–H groups in total. The van der Waals surface area contributed by atoms with Crippen LogP contribution in [0.15, 0.2) is 0 Å². The number of sulfone groups is 1. The Hall–Kier alpha value is -0.230. The van der Waals surface area contributed by atoms with Gasteiger partial charge in [-0.05, 0) is 24.4 Å². The van der Waals surface area contributed by atoms with Crippen molar-refractivity contribution in [3.63, 3.8) is 0 Å². The van der Waals surface area contributed by atoms with Crippen LogP contribution in [0.4, 0.5) is 8.78 Å². The highest BCUT2D eigenvalue weighted by Gasteiger charge is 2.54. The monoisotopic (exact) mass is 232 g/mol. The van der Waals surface area contributed by atoms with Crippen molar-refractivity contribution in [2.24, 2.45) is 0 Å². The Morgan fingerprint density at radius 3 is 2.31 bits per heavy atom. The first kappa shape index (κ1) is 10.8. The molecule has 1 fully saturated rings. The van der Waals surface area contributed by atoms with Crippen molar-refractivity contribution in [1.82, 2.24) is 0 Å². The summed E-state index contributed by atoms with van der Waals surface area (Å²) in [5, 5.41) is -3.83. The van der Waals surface area contributed by atoms with Crippen LogP contribution >= 0.6 is 11.6 Å². The Bertz CT molecular complexity index is 325. The molecule has 0 aliphatic carbocycles. The van der Waals surface area contributed by atoms with Gasteiger partial charge in [0, 0.05) is 0 Å². The molecule has 76 valence electrons. The zero-order valence-electron chi connectivity index (χ0n) is 6.47. The molecule has 0 aromatic heterocycles. The van der Waals surface area contributed by atoms with E-state index in [4.69, 9.17) is 0 Å². The van der Waals surface area contributed by atoms with Crippen LogP contribution in [0.1, 0.15) is 12.8 Å². The summed E-state index contributed by atoms with van der Waals surface area (Å²) >= 11 is 4.62. The number of carbonyl (C=O) groups excluding carboxylic acids is 1. The SMILES string of the molecule is O=C(Cl)C(F)(F)C1CCCS1(=O)=O. The van der Waals surface area contributed by atoms with E-state index in [1.807, 2.05) is 0 Å². The van der Waals surface area contributed by atoms with Crippen LogP contribution in [0, 0.1) is 0 Å². The zero-order chi connectivity index (χ0) is 10.3. The van der Waals surface area contributed by atoms with Crippen molar-refractivity contribution >= 4 is 26.7 Å². The highest BCUT2D eigenvalue weighted by molar-refractivity contribution is 7.92. The summed E-state index contributed by atoms with van der Waals surface area (Å²) < 4.78 is 47.8. The lowest BCUT2D eigenvalue weighted by molar-refractivity contribution is -0.134. The van der Waals surface area contributed by atoms with E-state index in [0.717, 1.165) is 0 Å². The maximum atomic E-state index is 12.9. The molecule has 1 rings (SSSR count). The first-order valence-corrected chi connectivity index (χ1v) is 5.67. The summed E-state index contributed by atoms with van der Waals surface area (Å²) in [4.78, 5) is 10.3. The molecular formula is C6H7ClF2O3S. The van der Waals surface area contributed by atoms with E-state index in [1.54, 1.807) is 0 Å². The molecule has 0 radical (unpaired) electrons. The van der Waals surface area contributed by atoms with Gasteiger partial charge < -0.3 is 0 Å². The Morgan fingerprint density at radius 1 is 1.46 bits per heavy atom. The van der Waals surface area contributed by atoms with Gasteiger partial charge in [0.15, 0.2) is 9.84 Å². The van der Waals surface area contributed by atoms with Gasteiger partial charge in [0.05, 0.1) is 5.75 Å². The second-order valence-electron chi connectivity index (χ2n) is 2.89. The van der Waals surface area contributed by atoms with E-state index in [2.05, 4.69) is 11.6 Å². The van der Waals surface area contributed by atoms with Gasteiger partial charge in [-0.1, -0.05) is 0 Å². The Balaban J connectivity index is 3.02.